The van der Waals surface area contributed by atoms with Crippen molar-refractivity contribution >= 4 is 23.2 Å². The van der Waals surface area contributed by atoms with Crippen molar-refractivity contribution in [1.29, 1.82) is 0 Å². The molecule has 0 N–H and O–H groups in total. The van der Waals surface area contributed by atoms with Gasteiger partial charge in [0.25, 0.3) is 5.91 Å². The molecule has 1 fully saturated rings. The number of carbonyl (C=O) groups is 1. The molecule has 0 radical (unpaired) electrons. The van der Waals surface area contributed by atoms with E-state index in [-0.39, 0.29) is 11.9 Å². The molecule has 4 heterocycles. The number of hydrogen-bond acceptors (Lipinski definition) is 6. The first-order valence-electron chi connectivity index (χ1n) is 9.71. The van der Waals surface area contributed by atoms with Gasteiger partial charge in [0.1, 0.15) is 17.1 Å². The molecule has 28 heavy (non-hydrogen) atoms. The second-order valence-electron chi connectivity index (χ2n) is 7.91. The van der Waals surface area contributed by atoms with Gasteiger partial charge in [0, 0.05) is 32.4 Å². The van der Waals surface area contributed by atoms with E-state index in [0.29, 0.717) is 0 Å². The number of methoxy groups -OCH3 is 1. The zero-order valence-corrected chi connectivity index (χ0v) is 16.9. The summed E-state index contributed by atoms with van der Waals surface area (Å²) in [7, 11) is 3.61. The van der Waals surface area contributed by atoms with Crippen LogP contribution in [0.1, 0.15) is 26.7 Å². The van der Waals surface area contributed by atoms with Crippen LogP contribution in [0.25, 0.3) is 0 Å². The van der Waals surface area contributed by atoms with Gasteiger partial charge in [-0.1, -0.05) is 0 Å². The van der Waals surface area contributed by atoms with E-state index in [1.165, 1.54) is 0 Å². The van der Waals surface area contributed by atoms with Crippen molar-refractivity contribution in [2.24, 2.45) is 0 Å². The van der Waals surface area contributed by atoms with Crippen LogP contribution >= 0.6 is 0 Å². The molecule has 0 bridgehead atoms. The second-order valence-corrected chi connectivity index (χ2v) is 7.91. The fourth-order valence-corrected chi connectivity index (χ4v) is 4.04. The Morgan fingerprint density at radius 1 is 1.14 bits per heavy atom. The van der Waals surface area contributed by atoms with Gasteiger partial charge in [-0.15, -0.1) is 0 Å². The van der Waals surface area contributed by atoms with E-state index in [4.69, 9.17) is 4.74 Å². The lowest BCUT2D eigenvalue weighted by Gasteiger charge is -2.49. The highest BCUT2D eigenvalue weighted by atomic mass is 16.5. The molecular formula is C21H27N5O2. The smallest absolute Gasteiger partial charge is 0.253 e. The highest BCUT2D eigenvalue weighted by Gasteiger charge is 2.46. The van der Waals surface area contributed by atoms with Crippen molar-refractivity contribution in [3.63, 3.8) is 0 Å². The first-order chi connectivity index (χ1) is 13.4. The number of aromatic nitrogens is 2. The van der Waals surface area contributed by atoms with Gasteiger partial charge in [0.15, 0.2) is 5.82 Å². The van der Waals surface area contributed by atoms with Crippen LogP contribution in [0.4, 0.5) is 17.3 Å². The zero-order valence-electron chi connectivity index (χ0n) is 16.9. The summed E-state index contributed by atoms with van der Waals surface area (Å²) in [6.07, 6.45) is 5.28. The molecule has 2 aliphatic heterocycles. The van der Waals surface area contributed by atoms with Crippen LogP contribution in [0.15, 0.2) is 36.7 Å². The minimum atomic E-state index is -0.593. The molecule has 0 unspecified atom stereocenters. The van der Waals surface area contributed by atoms with Crippen molar-refractivity contribution in [1.82, 2.24) is 9.97 Å². The van der Waals surface area contributed by atoms with Gasteiger partial charge in [-0.25, -0.2) is 9.97 Å². The Morgan fingerprint density at radius 3 is 2.54 bits per heavy atom. The fraction of sp³-hybridized carbons (Fsp3) is 0.476. The summed E-state index contributed by atoms with van der Waals surface area (Å²) in [5.41, 5.74) is 0.413. The lowest BCUT2D eigenvalue weighted by Crippen LogP contribution is -2.62. The Hall–Kier alpha value is -2.83. The van der Waals surface area contributed by atoms with E-state index < -0.39 is 5.54 Å². The molecule has 7 heteroatoms. The van der Waals surface area contributed by atoms with Gasteiger partial charge < -0.3 is 14.5 Å². The minimum Gasteiger partial charge on any atom is -0.495 e. The fourth-order valence-electron chi connectivity index (χ4n) is 4.04. The highest BCUT2D eigenvalue weighted by molar-refractivity contribution is 6.07. The average molecular weight is 381 g/mol. The molecule has 0 aromatic carbocycles. The number of rotatable bonds is 3. The molecule has 2 aliphatic rings. The maximum atomic E-state index is 13.3. The van der Waals surface area contributed by atoms with E-state index in [2.05, 4.69) is 14.9 Å². The summed E-state index contributed by atoms with van der Waals surface area (Å²) in [6, 6.07) is 8.03. The summed E-state index contributed by atoms with van der Waals surface area (Å²) >= 11 is 0. The van der Waals surface area contributed by atoms with Gasteiger partial charge >= 0.3 is 0 Å². The minimum absolute atomic E-state index is 0.113. The molecule has 148 valence electrons. The van der Waals surface area contributed by atoms with Crippen molar-refractivity contribution in [2.75, 3.05) is 41.9 Å². The predicted molar refractivity (Wildman–Crippen MR) is 110 cm³/mol. The predicted octanol–water partition coefficient (Wildman–Crippen LogP) is 2.72. The van der Waals surface area contributed by atoms with Crippen molar-refractivity contribution in [2.45, 2.75) is 38.3 Å². The second kappa shape index (κ2) is 6.96. The highest BCUT2D eigenvalue weighted by Crippen LogP contribution is 2.40. The number of ether oxygens (including phenoxy) is 1. The van der Waals surface area contributed by atoms with Gasteiger partial charge in [-0.2, -0.15) is 0 Å². The number of amides is 1. The van der Waals surface area contributed by atoms with Gasteiger partial charge in [0.05, 0.1) is 19.0 Å². The molecule has 0 spiro atoms. The molecule has 2 aromatic heterocycles. The molecule has 0 aliphatic carbocycles. The Labute approximate surface area is 165 Å². The SMILES string of the molecule is COc1ccc(N2CCC(N3C(=O)C(C)(C)N(C)c4cccnc43)CC2)nc1. The normalized spacial score (nSPS) is 19.6. The van der Waals surface area contributed by atoms with Crippen LogP contribution in [-0.4, -0.2) is 54.7 Å². The standard InChI is InChI=1S/C21H27N5O2/c1-21(2)20(27)26(19-17(24(21)3)6-5-11-22-19)15-9-12-25(13-10-15)18-8-7-16(28-4)14-23-18/h5-8,11,14-15H,9-10,12-13H2,1-4H3. The van der Waals surface area contributed by atoms with E-state index >= 15 is 0 Å². The summed E-state index contributed by atoms with van der Waals surface area (Å²) in [4.78, 5) is 28.6. The number of pyridine rings is 2. The summed E-state index contributed by atoms with van der Waals surface area (Å²) < 4.78 is 5.19. The number of hydrogen-bond donors (Lipinski definition) is 0. The molecule has 2 aromatic rings. The molecule has 7 nitrogen and oxygen atoms in total. The van der Waals surface area contributed by atoms with Crippen LogP contribution in [0.3, 0.4) is 0 Å². The Bertz CT molecular complexity index is 859. The lowest BCUT2D eigenvalue weighted by atomic mass is 9.93. The van der Waals surface area contributed by atoms with Crippen LogP contribution in [0, 0.1) is 0 Å². The van der Waals surface area contributed by atoms with Crippen LogP contribution in [-0.2, 0) is 4.79 Å². The number of piperidine rings is 1. The van der Waals surface area contributed by atoms with E-state index in [1.54, 1.807) is 19.5 Å². The third-order valence-corrected chi connectivity index (χ3v) is 6.05. The van der Waals surface area contributed by atoms with E-state index in [0.717, 1.165) is 49.0 Å². The van der Waals surface area contributed by atoms with Gasteiger partial charge in [-0.05, 0) is 51.0 Å². The van der Waals surface area contributed by atoms with E-state index in [9.17, 15) is 4.79 Å². The number of nitrogens with zero attached hydrogens (tertiary/aromatic N) is 5. The molecule has 4 rings (SSSR count). The van der Waals surface area contributed by atoms with Crippen molar-refractivity contribution in [3.8, 4) is 5.75 Å². The summed E-state index contributed by atoms with van der Waals surface area (Å²) in [5, 5.41) is 0. The largest absolute Gasteiger partial charge is 0.495 e. The third kappa shape index (κ3) is 2.95. The maximum absolute atomic E-state index is 13.3. The average Bonchev–Trinajstić information content (AvgIpc) is 2.73. The Morgan fingerprint density at radius 2 is 1.89 bits per heavy atom. The Kier molecular flexibility index (Phi) is 4.61. The molecule has 1 saturated heterocycles. The summed E-state index contributed by atoms with van der Waals surface area (Å²) in [6.45, 7) is 5.67. The van der Waals surface area contributed by atoms with Crippen LogP contribution in [0.2, 0.25) is 0 Å². The van der Waals surface area contributed by atoms with Crippen LogP contribution in [0.5, 0.6) is 5.75 Å². The molecule has 1 amide bonds. The quantitative estimate of drug-likeness (QED) is 0.815. The molecular weight excluding hydrogens is 354 g/mol. The zero-order chi connectivity index (χ0) is 19.9. The van der Waals surface area contributed by atoms with Crippen molar-refractivity contribution in [3.05, 3.63) is 36.7 Å². The monoisotopic (exact) mass is 381 g/mol. The van der Waals surface area contributed by atoms with Gasteiger partial charge in [0.2, 0.25) is 0 Å². The van der Waals surface area contributed by atoms with E-state index in [1.807, 2.05) is 55.0 Å². The topological polar surface area (TPSA) is 61.8 Å². The third-order valence-electron chi connectivity index (χ3n) is 6.05. The number of anilines is 3. The van der Waals surface area contributed by atoms with Crippen molar-refractivity contribution < 1.29 is 9.53 Å². The van der Waals surface area contributed by atoms with Crippen LogP contribution < -0.4 is 19.4 Å². The lowest BCUT2D eigenvalue weighted by molar-refractivity contribution is -0.123. The summed E-state index contributed by atoms with van der Waals surface area (Å²) in [5.74, 6) is 2.59. The first-order valence-corrected chi connectivity index (χ1v) is 9.71. The molecule has 0 atom stereocenters. The number of likely N-dealkylation sites (N-methyl/N-ethyl adjacent to an activating group) is 1. The first kappa shape index (κ1) is 18.5. The maximum Gasteiger partial charge on any atom is 0.253 e. The Balaban J connectivity index is 1.55. The van der Waals surface area contributed by atoms with Gasteiger partial charge in [-0.3, -0.25) is 9.69 Å². The number of fused-ring (bicyclic) bond motifs is 1. The molecule has 0 saturated carbocycles. The number of carbonyl (C=O) groups excluding carboxylic acids is 1.